The van der Waals surface area contributed by atoms with Crippen LogP contribution in [0.4, 0.5) is 5.00 Å². The largest absolute Gasteiger partial charge is 0.462 e. The van der Waals surface area contributed by atoms with Crippen LogP contribution in [0.15, 0.2) is 0 Å². The second-order valence-electron chi connectivity index (χ2n) is 5.64. The van der Waals surface area contributed by atoms with Crippen molar-refractivity contribution in [3.05, 3.63) is 16.0 Å². The summed E-state index contributed by atoms with van der Waals surface area (Å²) in [5.41, 5.74) is 1.38. The van der Waals surface area contributed by atoms with E-state index in [0.717, 1.165) is 36.4 Å². The van der Waals surface area contributed by atoms with Crippen molar-refractivity contribution in [2.24, 2.45) is 0 Å². The highest BCUT2D eigenvalue weighted by Crippen LogP contribution is 2.32. The standard InChI is InChI=1S/C17H28N2O3S/c1-6-9-10-19(7-2)11-14(20)18-16-15(17(21)22-8-3)12(4)13(5)23-16/h6-11H2,1-5H3,(H,18,20)/p+1. The molecule has 0 fully saturated rings. The number of rotatable bonds is 9. The van der Waals surface area contributed by atoms with Crippen molar-refractivity contribution >= 4 is 28.2 Å². The molecular formula is C17H29N2O3S+. The van der Waals surface area contributed by atoms with Crippen molar-refractivity contribution < 1.29 is 19.2 Å². The maximum atomic E-state index is 12.3. The summed E-state index contributed by atoms with van der Waals surface area (Å²) in [7, 11) is 0. The highest BCUT2D eigenvalue weighted by atomic mass is 32.1. The van der Waals surface area contributed by atoms with Gasteiger partial charge in [-0.25, -0.2) is 4.79 Å². The number of likely N-dealkylation sites (N-methyl/N-ethyl adjacent to an activating group) is 1. The Hall–Kier alpha value is -1.40. The van der Waals surface area contributed by atoms with Crippen molar-refractivity contribution in [1.82, 2.24) is 0 Å². The Kier molecular flexibility index (Phi) is 8.26. The second kappa shape index (κ2) is 9.67. The Balaban J connectivity index is 2.81. The summed E-state index contributed by atoms with van der Waals surface area (Å²) in [5, 5.41) is 3.52. The van der Waals surface area contributed by atoms with Crippen LogP contribution >= 0.6 is 11.3 Å². The number of anilines is 1. The summed E-state index contributed by atoms with van der Waals surface area (Å²) in [6.45, 7) is 12.5. The fourth-order valence-electron chi connectivity index (χ4n) is 2.38. The molecule has 0 saturated carbocycles. The van der Waals surface area contributed by atoms with E-state index in [1.165, 1.54) is 16.2 Å². The first-order chi connectivity index (χ1) is 10.9. The molecule has 1 atom stereocenters. The Bertz CT molecular complexity index is 540. The third kappa shape index (κ3) is 5.62. The fraction of sp³-hybridized carbons (Fsp3) is 0.647. The lowest BCUT2D eigenvalue weighted by atomic mass is 10.1. The number of unbranched alkanes of at least 4 members (excludes halogenated alkanes) is 1. The number of esters is 1. The molecule has 1 amide bonds. The molecule has 6 heteroatoms. The van der Waals surface area contributed by atoms with Gasteiger partial charge < -0.3 is 15.0 Å². The van der Waals surface area contributed by atoms with Gasteiger partial charge in [0.25, 0.3) is 5.91 Å². The SMILES string of the molecule is CCCC[NH+](CC)CC(=O)Nc1sc(C)c(C)c1C(=O)OCC. The number of carbonyl (C=O) groups excluding carboxylic acids is 2. The minimum atomic E-state index is -0.365. The van der Waals surface area contributed by atoms with Gasteiger partial charge in [0.2, 0.25) is 0 Å². The van der Waals surface area contributed by atoms with Crippen molar-refractivity contribution in [3.63, 3.8) is 0 Å². The van der Waals surface area contributed by atoms with Gasteiger partial charge in [0, 0.05) is 4.88 Å². The predicted molar refractivity (Wildman–Crippen MR) is 94.5 cm³/mol. The van der Waals surface area contributed by atoms with Crippen LogP contribution in [-0.2, 0) is 9.53 Å². The molecule has 5 nitrogen and oxygen atoms in total. The van der Waals surface area contributed by atoms with Crippen LogP contribution in [0.25, 0.3) is 0 Å². The molecule has 0 aromatic carbocycles. The molecule has 0 aliphatic heterocycles. The van der Waals surface area contributed by atoms with Gasteiger partial charge in [-0.3, -0.25) is 4.79 Å². The van der Waals surface area contributed by atoms with E-state index in [-0.39, 0.29) is 11.9 Å². The van der Waals surface area contributed by atoms with Crippen LogP contribution in [0.5, 0.6) is 0 Å². The normalized spacial score (nSPS) is 12.0. The molecule has 0 bridgehead atoms. The predicted octanol–water partition coefficient (Wildman–Crippen LogP) is 2.19. The summed E-state index contributed by atoms with van der Waals surface area (Å²) >= 11 is 1.43. The van der Waals surface area contributed by atoms with Crippen molar-refractivity contribution in [3.8, 4) is 0 Å². The first kappa shape index (κ1) is 19.6. The molecule has 0 aliphatic carbocycles. The molecule has 130 valence electrons. The van der Waals surface area contributed by atoms with Gasteiger partial charge >= 0.3 is 5.97 Å². The van der Waals surface area contributed by atoms with Crippen molar-refractivity contribution in [2.75, 3.05) is 31.6 Å². The summed E-state index contributed by atoms with van der Waals surface area (Å²) in [4.78, 5) is 26.7. The lowest BCUT2D eigenvalue weighted by molar-refractivity contribution is -0.890. The van der Waals surface area contributed by atoms with Gasteiger partial charge in [-0.15, -0.1) is 11.3 Å². The van der Waals surface area contributed by atoms with Crippen LogP contribution in [0, 0.1) is 13.8 Å². The topological polar surface area (TPSA) is 59.8 Å². The number of quaternary nitrogens is 1. The molecule has 2 N–H and O–H groups in total. The van der Waals surface area contributed by atoms with Gasteiger partial charge in [0.05, 0.1) is 25.3 Å². The number of hydrogen-bond acceptors (Lipinski definition) is 4. The first-order valence-corrected chi connectivity index (χ1v) is 9.16. The summed E-state index contributed by atoms with van der Waals surface area (Å²) in [6.07, 6.45) is 2.24. The molecule has 0 saturated heterocycles. The lowest BCUT2D eigenvalue weighted by Gasteiger charge is -2.16. The molecule has 1 aromatic heterocycles. The van der Waals surface area contributed by atoms with Crippen LogP contribution in [0.1, 0.15) is 54.4 Å². The van der Waals surface area contributed by atoms with Crippen LogP contribution in [0.2, 0.25) is 0 Å². The van der Waals surface area contributed by atoms with E-state index < -0.39 is 0 Å². The zero-order valence-electron chi connectivity index (χ0n) is 14.9. The van der Waals surface area contributed by atoms with Crippen molar-refractivity contribution in [2.45, 2.75) is 47.5 Å². The van der Waals surface area contributed by atoms with Gasteiger partial charge in [-0.2, -0.15) is 0 Å². The Labute approximate surface area is 143 Å². The zero-order valence-corrected chi connectivity index (χ0v) is 15.7. The Morgan fingerprint density at radius 2 is 1.91 bits per heavy atom. The number of hydrogen-bond donors (Lipinski definition) is 2. The minimum Gasteiger partial charge on any atom is -0.462 e. The molecule has 0 aliphatic rings. The van der Waals surface area contributed by atoms with E-state index in [1.807, 2.05) is 13.8 Å². The van der Waals surface area contributed by atoms with E-state index in [0.29, 0.717) is 23.7 Å². The number of carbonyl (C=O) groups is 2. The lowest BCUT2D eigenvalue weighted by Crippen LogP contribution is -3.12. The fourth-order valence-corrected chi connectivity index (χ4v) is 3.44. The number of thiophene rings is 1. The van der Waals surface area contributed by atoms with E-state index in [2.05, 4.69) is 19.2 Å². The molecule has 1 heterocycles. The highest BCUT2D eigenvalue weighted by molar-refractivity contribution is 7.16. The summed E-state index contributed by atoms with van der Waals surface area (Å²) < 4.78 is 5.11. The highest BCUT2D eigenvalue weighted by Gasteiger charge is 2.23. The first-order valence-electron chi connectivity index (χ1n) is 8.34. The van der Waals surface area contributed by atoms with Crippen LogP contribution in [-0.4, -0.2) is 38.1 Å². The molecule has 0 radical (unpaired) electrons. The number of nitrogens with one attached hydrogen (secondary N) is 2. The monoisotopic (exact) mass is 341 g/mol. The maximum absolute atomic E-state index is 12.3. The Morgan fingerprint density at radius 1 is 1.22 bits per heavy atom. The third-order valence-corrected chi connectivity index (χ3v) is 5.03. The van der Waals surface area contributed by atoms with E-state index in [9.17, 15) is 9.59 Å². The molecule has 1 aromatic rings. The Morgan fingerprint density at radius 3 is 2.48 bits per heavy atom. The van der Waals surface area contributed by atoms with Crippen LogP contribution < -0.4 is 10.2 Å². The van der Waals surface area contributed by atoms with Gasteiger partial charge in [0.15, 0.2) is 6.54 Å². The number of ether oxygens (including phenoxy) is 1. The zero-order chi connectivity index (χ0) is 17.4. The molecular weight excluding hydrogens is 312 g/mol. The maximum Gasteiger partial charge on any atom is 0.341 e. The van der Waals surface area contributed by atoms with E-state index in [4.69, 9.17) is 4.74 Å². The number of aryl methyl sites for hydroxylation is 1. The minimum absolute atomic E-state index is 0.0512. The van der Waals surface area contributed by atoms with Crippen LogP contribution in [0.3, 0.4) is 0 Å². The molecule has 1 rings (SSSR count). The summed E-state index contributed by atoms with van der Waals surface area (Å²) in [5.74, 6) is -0.417. The quantitative estimate of drug-likeness (QED) is 0.677. The molecule has 0 spiro atoms. The van der Waals surface area contributed by atoms with E-state index in [1.54, 1.807) is 6.92 Å². The van der Waals surface area contributed by atoms with E-state index >= 15 is 0 Å². The molecule has 23 heavy (non-hydrogen) atoms. The average Bonchev–Trinajstić information content (AvgIpc) is 2.78. The third-order valence-electron chi connectivity index (χ3n) is 3.91. The summed E-state index contributed by atoms with van der Waals surface area (Å²) in [6, 6.07) is 0. The van der Waals surface area contributed by atoms with Gasteiger partial charge in [0.1, 0.15) is 5.00 Å². The van der Waals surface area contributed by atoms with Crippen molar-refractivity contribution in [1.29, 1.82) is 0 Å². The number of amides is 1. The van der Waals surface area contributed by atoms with Gasteiger partial charge in [-0.05, 0) is 39.7 Å². The molecule has 1 unspecified atom stereocenters. The smallest absolute Gasteiger partial charge is 0.341 e. The van der Waals surface area contributed by atoms with Gasteiger partial charge in [-0.1, -0.05) is 13.3 Å². The average molecular weight is 341 g/mol. The second-order valence-corrected chi connectivity index (χ2v) is 6.86.